The number of hydrogen-bond donors (Lipinski definition) is 0. The zero-order chi connectivity index (χ0) is 17.2. The molecule has 1 aromatic carbocycles. The van der Waals surface area contributed by atoms with Gasteiger partial charge in [-0.25, -0.2) is 0 Å². The SMILES string of the molecule is CCN(C1=CC(C)(C)Oc2ccc([N+](=O)[O-])cc21)C(C)=NC#N. The number of nitrogens with zero attached hydrogens (tertiary/aromatic N) is 4. The van der Waals surface area contributed by atoms with Gasteiger partial charge in [0.15, 0.2) is 0 Å². The van der Waals surface area contributed by atoms with E-state index in [9.17, 15) is 10.1 Å². The Bertz CT molecular complexity index is 744. The summed E-state index contributed by atoms with van der Waals surface area (Å²) in [6.45, 7) is 8.04. The van der Waals surface area contributed by atoms with Gasteiger partial charge in [0, 0.05) is 24.2 Å². The van der Waals surface area contributed by atoms with Crippen LogP contribution in [0.4, 0.5) is 5.69 Å². The van der Waals surface area contributed by atoms with Gasteiger partial charge >= 0.3 is 0 Å². The third-order valence-corrected chi connectivity index (χ3v) is 3.52. The average Bonchev–Trinajstić information content (AvgIpc) is 2.46. The molecule has 0 fully saturated rings. The molecule has 0 atom stereocenters. The lowest BCUT2D eigenvalue weighted by Gasteiger charge is -2.35. The molecule has 0 saturated heterocycles. The molecule has 0 aromatic heterocycles. The number of fused-ring (bicyclic) bond motifs is 1. The molecule has 0 spiro atoms. The lowest BCUT2D eigenvalue weighted by molar-refractivity contribution is -0.384. The van der Waals surface area contributed by atoms with Gasteiger partial charge < -0.3 is 9.64 Å². The van der Waals surface area contributed by atoms with Gasteiger partial charge in [0.05, 0.1) is 10.6 Å². The molecular weight excluding hydrogens is 296 g/mol. The number of rotatable bonds is 3. The Labute approximate surface area is 134 Å². The van der Waals surface area contributed by atoms with Crippen LogP contribution in [-0.2, 0) is 0 Å². The Kier molecular flexibility index (Phi) is 4.36. The minimum absolute atomic E-state index is 0.0103. The van der Waals surface area contributed by atoms with E-state index in [1.54, 1.807) is 19.2 Å². The van der Waals surface area contributed by atoms with Gasteiger partial charge in [-0.15, -0.1) is 0 Å². The van der Waals surface area contributed by atoms with Crippen LogP contribution in [0.25, 0.3) is 5.70 Å². The molecule has 0 N–H and O–H groups in total. The second kappa shape index (κ2) is 6.08. The molecule has 120 valence electrons. The normalized spacial score (nSPS) is 15.8. The van der Waals surface area contributed by atoms with Crippen LogP contribution in [0.5, 0.6) is 5.75 Å². The highest BCUT2D eigenvalue weighted by atomic mass is 16.6. The van der Waals surface area contributed by atoms with Crippen molar-refractivity contribution in [1.29, 1.82) is 5.26 Å². The lowest BCUT2D eigenvalue weighted by Crippen LogP contribution is -2.35. The van der Waals surface area contributed by atoms with Crippen molar-refractivity contribution in [2.75, 3.05) is 6.54 Å². The number of aliphatic imine (C=N–C) groups is 1. The van der Waals surface area contributed by atoms with Gasteiger partial charge in [-0.05, 0) is 39.8 Å². The third-order valence-electron chi connectivity index (χ3n) is 3.52. The van der Waals surface area contributed by atoms with Gasteiger partial charge in [-0.1, -0.05) is 0 Å². The van der Waals surface area contributed by atoms with Crippen molar-refractivity contribution >= 4 is 17.2 Å². The number of hydrogen-bond acceptors (Lipinski definition) is 5. The first-order valence-electron chi connectivity index (χ1n) is 7.20. The molecule has 2 rings (SSSR count). The zero-order valence-corrected chi connectivity index (χ0v) is 13.5. The van der Waals surface area contributed by atoms with Crippen LogP contribution in [0.15, 0.2) is 29.3 Å². The lowest BCUT2D eigenvalue weighted by atomic mass is 9.97. The van der Waals surface area contributed by atoms with Crippen molar-refractivity contribution in [3.05, 3.63) is 40.0 Å². The second-order valence-electron chi connectivity index (χ2n) is 5.68. The van der Waals surface area contributed by atoms with Crippen molar-refractivity contribution in [2.24, 2.45) is 4.99 Å². The minimum atomic E-state index is -0.571. The van der Waals surface area contributed by atoms with E-state index >= 15 is 0 Å². The first-order valence-corrected chi connectivity index (χ1v) is 7.20. The molecule has 0 radical (unpaired) electrons. The number of nitriles is 1. The third kappa shape index (κ3) is 3.31. The monoisotopic (exact) mass is 314 g/mol. The second-order valence-corrected chi connectivity index (χ2v) is 5.68. The Morgan fingerprint density at radius 2 is 2.22 bits per heavy atom. The number of amidine groups is 1. The van der Waals surface area contributed by atoms with Crippen molar-refractivity contribution in [3.8, 4) is 11.9 Å². The summed E-state index contributed by atoms with van der Waals surface area (Å²) in [5.41, 5.74) is 0.787. The fourth-order valence-corrected chi connectivity index (χ4v) is 2.57. The largest absolute Gasteiger partial charge is 0.483 e. The molecule has 0 aliphatic carbocycles. The van der Waals surface area contributed by atoms with Gasteiger partial charge in [0.2, 0.25) is 6.19 Å². The first kappa shape index (κ1) is 16.5. The van der Waals surface area contributed by atoms with Crippen LogP contribution in [0, 0.1) is 21.6 Å². The molecular formula is C16H18N4O3. The molecule has 7 nitrogen and oxygen atoms in total. The first-order chi connectivity index (χ1) is 10.8. The fraction of sp³-hybridized carbons (Fsp3) is 0.375. The van der Waals surface area contributed by atoms with E-state index in [2.05, 4.69) is 4.99 Å². The van der Waals surface area contributed by atoms with E-state index in [1.165, 1.54) is 12.1 Å². The number of ether oxygens (including phenoxy) is 1. The Balaban J connectivity index is 2.63. The van der Waals surface area contributed by atoms with Crippen LogP contribution < -0.4 is 4.74 Å². The van der Waals surface area contributed by atoms with Crippen molar-refractivity contribution in [3.63, 3.8) is 0 Å². The molecule has 0 unspecified atom stereocenters. The minimum Gasteiger partial charge on any atom is -0.483 e. The Morgan fingerprint density at radius 1 is 1.52 bits per heavy atom. The number of benzene rings is 1. The average molecular weight is 314 g/mol. The topological polar surface area (TPSA) is 91.8 Å². The number of nitro groups is 1. The Morgan fingerprint density at radius 3 is 2.78 bits per heavy atom. The summed E-state index contributed by atoms with van der Waals surface area (Å²) < 4.78 is 5.89. The van der Waals surface area contributed by atoms with E-state index < -0.39 is 10.5 Å². The highest BCUT2D eigenvalue weighted by molar-refractivity contribution is 5.91. The summed E-state index contributed by atoms with van der Waals surface area (Å²) in [4.78, 5) is 16.2. The standard InChI is InChI=1S/C16H18N4O3/c1-5-19(11(2)18-10-17)14-9-16(3,4)23-15-7-6-12(20(21)22)8-13(14)15/h6-9H,5H2,1-4H3. The van der Waals surface area contributed by atoms with Crippen LogP contribution in [0.1, 0.15) is 33.3 Å². The van der Waals surface area contributed by atoms with Crippen LogP contribution in [0.2, 0.25) is 0 Å². The van der Waals surface area contributed by atoms with Gasteiger partial charge in [-0.3, -0.25) is 10.1 Å². The summed E-state index contributed by atoms with van der Waals surface area (Å²) in [6, 6.07) is 4.51. The summed E-state index contributed by atoms with van der Waals surface area (Å²) in [5, 5.41) is 19.9. The Hall–Kier alpha value is -2.88. The molecule has 0 saturated carbocycles. The summed E-state index contributed by atoms with van der Waals surface area (Å²) in [7, 11) is 0. The summed E-state index contributed by atoms with van der Waals surface area (Å²) in [6.07, 6.45) is 3.66. The summed E-state index contributed by atoms with van der Waals surface area (Å²) >= 11 is 0. The molecule has 1 heterocycles. The van der Waals surface area contributed by atoms with E-state index in [0.29, 0.717) is 23.7 Å². The molecule has 23 heavy (non-hydrogen) atoms. The van der Waals surface area contributed by atoms with E-state index in [0.717, 1.165) is 5.70 Å². The maximum absolute atomic E-state index is 11.1. The maximum atomic E-state index is 11.1. The van der Waals surface area contributed by atoms with E-state index in [1.807, 2.05) is 31.7 Å². The van der Waals surface area contributed by atoms with Crippen LogP contribution >= 0.6 is 0 Å². The molecule has 0 amide bonds. The molecule has 1 aliphatic heterocycles. The van der Waals surface area contributed by atoms with Gasteiger partial charge in [0.25, 0.3) is 5.69 Å². The van der Waals surface area contributed by atoms with Crippen molar-refractivity contribution in [1.82, 2.24) is 4.90 Å². The van der Waals surface area contributed by atoms with Crippen molar-refractivity contribution in [2.45, 2.75) is 33.3 Å². The van der Waals surface area contributed by atoms with E-state index in [4.69, 9.17) is 10.00 Å². The quantitative estimate of drug-likeness (QED) is 0.280. The number of nitro benzene ring substituents is 1. The van der Waals surface area contributed by atoms with Gasteiger partial charge in [-0.2, -0.15) is 10.3 Å². The predicted molar refractivity (Wildman–Crippen MR) is 86.9 cm³/mol. The predicted octanol–water partition coefficient (Wildman–Crippen LogP) is 3.33. The van der Waals surface area contributed by atoms with E-state index in [-0.39, 0.29) is 5.69 Å². The smallest absolute Gasteiger partial charge is 0.270 e. The van der Waals surface area contributed by atoms with Crippen molar-refractivity contribution < 1.29 is 9.66 Å². The van der Waals surface area contributed by atoms with Crippen LogP contribution in [-0.4, -0.2) is 27.8 Å². The number of non-ortho nitro benzene ring substituents is 1. The molecule has 1 aromatic rings. The molecule has 7 heteroatoms. The molecule has 0 bridgehead atoms. The van der Waals surface area contributed by atoms with Crippen LogP contribution in [0.3, 0.4) is 0 Å². The maximum Gasteiger partial charge on any atom is 0.270 e. The van der Waals surface area contributed by atoms with Gasteiger partial charge in [0.1, 0.15) is 17.2 Å². The fourth-order valence-electron chi connectivity index (χ4n) is 2.57. The zero-order valence-electron chi connectivity index (χ0n) is 13.5. The molecule has 1 aliphatic rings. The highest BCUT2D eigenvalue weighted by Gasteiger charge is 2.31. The highest BCUT2D eigenvalue weighted by Crippen LogP contribution is 2.39. The summed E-state index contributed by atoms with van der Waals surface area (Å²) in [5.74, 6) is 1.10.